The van der Waals surface area contributed by atoms with Gasteiger partial charge in [-0.25, -0.2) is 0 Å². The first kappa shape index (κ1) is 20.1. The molecular formula is C21H23BrN4O2. The minimum atomic E-state index is -0.471. The number of hydrogen-bond acceptors (Lipinski definition) is 4. The highest BCUT2D eigenvalue weighted by Crippen LogP contribution is 2.37. The van der Waals surface area contributed by atoms with Crippen molar-refractivity contribution >= 4 is 27.5 Å². The Labute approximate surface area is 172 Å². The molecule has 0 bridgehead atoms. The summed E-state index contributed by atoms with van der Waals surface area (Å²) in [6, 6.07) is 14.6. The van der Waals surface area contributed by atoms with Crippen molar-refractivity contribution < 1.29 is 9.53 Å². The fourth-order valence-corrected chi connectivity index (χ4v) is 3.25. The highest BCUT2D eigenvalue weighted by Gasteiger charge is 2.18. The Hall–Kier alpha value is -2.64. The summed E-state index contributed by atoms with van der Waals surface area (Å²) in [5.41, 5.74) is 8.50. The monoisotopic (exact) mass is 442 g/mol. The van der Waals surface area contributed by atoms with Crippen molar-refractivity contribution in [2.24, 2.45) is 12.8 Å². The van der Waals surface area contributed by atoms with Crippen molar-refractivity contribution in [2.75, 3.05) is 11.9 Å². The van der Waals surface area contributed by atoms with Crippen LogP contribution in [0.1, 0.15) is 24.2 Å². The van der Waals surface area contributed by atoms with Crippen LogP contribution in [-0.2, 0) is 7.05 Å². The predicted octanol–water partition coefficient (Wildman–Crippen LogP) is 4.22. The molecule has 0 saturated heterocycles. The number of aromatic nitrogens is 2. The number of carbonyl (C=O) groups excluding carboxylic acids is 1. The molecule has 1 aromatic heterocycles. The largest absolute Gasteiger partial charge is 0.491 e. The van der Waals surface area contributed by atoms with E-state index in [9.17, 15) is 4.79 Å². The number of ether oxygens (including phenoxy) is 1. The summed E-state index contributed by atoms with van der Waals surface area (Å²) >= 11 is 3.54. The van der Waals surface area contributed by atoms with Crippen LogP contribution in [-0.4, -0.2) is 27.8 Å². The molecule has 3 N–H and O–H groups in total. The van der Waals surface area contributed by atoms with Crippen molar-refractivity contribution in [2.45, 2.75) is 19.4 Å². The van der Waals surface area contributed by atoms with Gasteiger partial charge in [0.05, 0.1) is 16.4 Å². The third kappa shape index (κ3) is 4.79. The second-order valence-electron chi connectivity index (χ2n) is 7.27. The van der Waals surface area contributed by atoms with Gasteiger partial charge in [0.25, 0.3) is 5.91 Å². The van der Waals surface area contributed by atoms with Crippen molar-refractivity contribution in [3.8, 4) is 17.0 Å². The van der Waals surface area contributed by atoms with Crippen LogP contribution in [0.4, 0.5) is 5.69 Å². The van der Waals surface area contributed by atoms with Gasteiger partial charge in [-0.3, -0.25) is 9.48 Å². The van der Waals surface area contributed by atoms with Crippen molar-refractivity contribution in [1.29, 1.82) is 0 Å². The van der Waals surface area contributed by atoms with E-state index in [1.807, 2.05) is 57.3 Å². The molecule has 1 heterocycles. The third-order valence-electron chi connectivity index (χ3n) is 4.02. The fraction of sp³-hybridized carbons (Fsp3) is 0.238. The highest BCUT2D eigenvalue weighted by atomic mass is 79.9. The summed E-state index contributed by atoms with van der Waals surface area (Å²) in [5.74, 6) is 0.493. The quantitative estimate of drug-likeness (QED) is 0.598. The Morgan fingerprint density at radius 1 is 1.25 bits per heavy atom. The minimum absolute atomic E-state index is 0.174. The number of nitrogens with zero attached hydrogens (tertiary/aromatic N) is 2. The lowest BCUT2D eigenvalue weighted by Gasteiger charge is -2.21. The summed E-state index contributed by atoms with van der Waals surface area (Å²) in [4.78, 5) is 12.5. The summed E-state index contributed by atoms with van der Waals surface area (Å²) in [6.07, 6.45) is 1.72. The minimum Gasteiger partial charge on any atom is -0.491 e. The molecule has 2 aromatic carbocycles. The van der Waals surface area contributed by atoms with Crippen molar-refractivity contribution in [3.05, 3.63) is 64.8 Å². The number of rotatable bonds is 6. The van der Waals surface area contributed by atoms with E-state index in [4.69, 9.17) is 10.5 Å². The number of halogens is 1. The number of anilines is 1. The standard InChI is InChI=1S/C21H23BrN4O2/c1-21(2,23)13-28-18-10-9-15(25-20(27)14-7-5-4-6-8-14)11-16(18)19-17(22)12-24-26(19)3/h4-12H,13,23H2,1-3H3,(H,25,27). The Balaban J connectivity index is 1.96. The molecule has 28 heavy (non-hydrogen) atoms. The van der Waals surface area contributed by atoms with Gasteiger partial charge >= 0.3 is 0 Å². The number of nitrogens with one attached hydrogen (secondary N) is 1. The van der Waals surface area contributed by atoms with Crippen molar-refractivity contribution in [1.82, 2.24) is 9.78 Å². The molecular weight excluding hydrogens is 420 g/mol. The number of nitrogens with two attached hydrogens (primary N) is 1. The Morgan fingerprint density at radius 3 is 2.57 bits per heavy atom. The van der Waals surface area contributed by atoms with Gasteiger partial charge in [-0.1, -0.05) is 18.2 Å². The lowest BCUT2D eigenvalue weighted by Crippen LogP contribution is -2.38. The van der Waals surface area contributed by atoms with E-state index in [0.29, 0.717) is 23.6 Å². The molecule has 6 nitrogen and oxygen atoms in total. The Kier molecular flexibility index (Phi) is 5.86. The van der Waals surface area contributed by atoms with E-state index in [1.54, 1.807) is 23.0 Å². The van der Waals surface area contributed by atoms with Crippen LogP contribution in [0.3, 0.4) is 0 Å². The van der Waals surface area contributed by atoms with Crippen LogP contribution >= 0.6 is 15.9 Å². The number of amides is 1. The second-order valence-corrected chi connectivity index (χ2v) is 8.13. The van der Waals surface area contributed by atoms with Crippen LogP contribution in [0.2, 0.25) is 0 Å². The predicted molar refractivity (Wildman–Crippen MR) is 115 cm³/mol. The lowest BCUT2D eigenvalue weighted by molar-refractivity contribution is 0.102. The number of benzene rings is 2. The van der Waals surface area contributed by atoms with E-state index in [1.165, 1.54) is 0 Å². The van der Waals surface area contributed by atoms with Gasteiger partial charge in [-0.2, -0.15) is 5.10 Å². The van der Waals surface area contributed by atoms with Crippen LogP contribution in [0, 0.1) is 0 Å². The van der Waals surface area contributed by atoms with Crippen LogP contribution in [0.15, 0.2) is 59.2 Å². The SMILES string of the molecule is Cn1ncc(Br)c1-c1cc(NC(=O)c2ccccc2)ccc1OCC(C)(C)N. The fourth-order valence-electron chi connectivity index (χ4n) is 2.69. The highest BCUT2D eigenvalue weighted by molar-refractivity contribution is 9.10. The van der Waals surface area contributed by atoms with E-state index in [-0.39, 0.29) is 5.91 Å². The molecule has 0 radical (unpaired) electrons. The number of hydrogen-bond donors (Lipinski definition) is 2. The van der Waals surface area contributed by atoms with Gasteiger partial charge in [-0.15, -0.1) is 0 Å². The Bertz CT molecular complexity index is 958. The number of aryl methyl sites for hydroxylation is 1. The summed E-state index contributed by atoms with van der Waals surface area (Å²) in [5, 5.41) is 7.22. The first-order valence-electron chi connectivity index (χ1n) is 8.84. The molecule has 1 amide bonds. The third-order valence-corrected chi connectivity index (χ3v) is 4.60. The Morgan fingerprint density at radius 2 is 1.96 bits per heavy atom. The number of carbonyl (C=O) groups is 1. The first-order chi connectivity index (χ1) is 13.2. The lowest BCUT2D eigenvalue weighted by atomic mass is 10.1. The molecule has 0 unspecified atom stereocenters. The average molecular weight is 443 g/mol. The van der Waals surface area contributed by atoms with Gasteiger partial charge in [0.2, 0.25) is 0 Å². The summed E-state index contributed by atoms with van der Waals surface area (Å²) in [6.45, 7) is 4.16. The van der Waals surface area contributed by atoms with Gasteiger partial charge in [-0.05, 0) is 60.1 Å². The van der Waals surface area contributed by atoms with E-state index in [2.05, 4.69) is 26.3 Å². The van der Waals surface area contributed by atoms with Gasteiger partial charge in [0.1, 0.15) is 12.4 Å². The van der Waals surface area contributed by atoms with Gasteiger partial charge in [0.15, 0.2) is 0 Å². The molecule has 146 valence electrons. The zero-order valence-electron chi connectivity index (χ0n) is 16.1. The zero-order valence-corrected chi connectivity index (χ0v) is 17.7. The molecule has 3 aromatic rings. The smallest absolute Gasteiger partial charge is 0.255 e. The first-order valence-corrected chi connectivity index (χ1v) is 9.64. The molecule has 0 saturated carbocycles. The maximum Gasteiger partial charge on any atom is 0.255 e. The van der Waals surface area contributed by atoms with E-state index in [0.717, 1.165) is 15.7 Å². The van der Waals surface area contributed by atoms with Crippen LogP contribution in [0.25, 0.3) is 11.3 Å². The molecule has 0 atom stereocenters. The second kappa shape index (κ2) is 8.16. The topological polar surface area (TPSA) is 82.2 Å². The molecule has 7 heteroatoms. The van der Waals surface area contributed by atoms with E-state index < -0.39 is 5.54 Å². The molecule has 0 aliphatic carbocycles. The van der Waals surface area contributed by atoms with E-state index >= 15 is 0 Å². The molecule has 0 spiro atoms. The van der Waals surface area contributed by atoms with Crippen LogP contribution in [0.5, 0.6) is 5.75 Å². The van der Waals surface area contributed by atoms with Crippen LogP contribution < -0.4 is 15.8 Å². The van der Waals surface area contributed by atoms with Gasteiger partial charge in [0, 0.05) is 29.4 Å². The van der Waals surface area contributed by atoms with Gasteiger partial charge < -0.3 is 15.8 Å². The molecule has 0 fully saturated rings. The summed E-state index contributed by atoms with van der Waals surface area (Å²) in [7, 11) is 1.85. The zero-order chi connectivity index (χ0) is 20.3. The normalized spacial score (nSPS) is 11.3. The maximum atomic E-state index is 12.5. The van der Waals surface area contributed by atoms with Crippen molar-refractivity contribution in [3.63, 3.8) is 0 Å². The maximum absolute atomic E-state index is 12.5. The molecule has 3 rings (SSSR count). The summed E-state index contributed by atoms with van der Waals surface area (Å²) < 4.78 is 8.56. The average Bonchev–Trinajstić information content (AvgIpc) is 2.99. The molecule has 0 aliphatic heterocycles. The molecule has 0 aliphatic rings.